The van der Waals surface area contributed by atoms with Gasteiger partial charge in [-0.2, -0.15) is 0 Å². The second-order valence-corrected chi connectivity index (χ2v) is 7.84. The van der Waals surface area contributed by atoms with Gasteiger partial charge in [-0.25, -0.2) is 0 Å². The first-order chi connectivity index (χ1) is 12.6. The lowest BCUT2D eigenvalue weighted by Gasteiger charge is -2.20. The smallest absolute Gasteiger partial charge is 0.253 e. The Morgan fingerprint density at radius 3 is 2.50 bits per heavy atom. The van der Waals surface area contributed by atoms with Crippen LogP contribution in [0.15, 0.2) is 36.4 Å². The predicted molar refractivity (Wildman–Crippen MR) is 105 cm³/mol. The summed E-state index contributed by atoms with van der Waals surface area (Å²) in [6.07, 6.45) is 3.59. The number of benzene rings is 2. The molecule has 4 nitrogen and oxygen atoms in total. The molecule has 26 heavy (non-hydrogen) atoms. The van der Waals surface area contributed by atoms with Gasteiger partial charge in [-0.1, -0.05) is 12.1 Å². The molecule has 1 amide bonds. The van der Waals surface area contributed by atoms with Crippen LogP contribution in [0.1, 0.15) is 43.5 Å². The molecule has 0 spiro atoms. The molecular weight excluding hydrogens is 324 g/mol. The monoisotopic (exact) mass is 352 g/mol. The van der Waals surface area contributed by atoms with E-state index >= 15 is 0 Å². The zero-order valence-corrected chi connectivity index (χ0v) is 15.8. The van der Waals surface area contributed by atoms with E-state index in [4.69, 9.17) is 4.74 Å². The van der Waals surface area contributed by atoms with Gasteiger partial charge in [0.05, 0.1) is 0 Å². The molecule has 4 heteroatoms. The van der Waals surface area contributed by atoms with Gasteiger partial charge in [-0.15, -0.1) is 0 Å². The van der Waals surface area contributed by atoms with Crippen molar-refractivity contribution in [3.05, 3.63) is 42.0 Å². The number of carbonyl (C=O) groups excluding carboxylic acids is 1. The zero-order chi connectivity index (χ0) is 18.1. The molecule has 1 unspecified atom stereocenters. The fourth-order valence-corrected chi connectivity index (χ4v) is 4.04. The van der Waals surface area contributed by atoms with Crippen LogP contribution in [-0.2, 0) is 0 Å². The molecular formula is C22H28N2O2. The zero-order valence-electron chi connectivity index (χ0n) is 15.8. The van der Waals surface area contributed by atoms with E-state index in [-0.39, 0.29) is 12.0 Å². The van der Waals surface area contributed by atoms with Gasteiger partial charge in [0.1, 0.15) is 11.9 Å². The van der Waals surface area contributed by atoms with Crippen LogP contribution in [0, 0.1) is 0 Å². The highest BCUT2D eigenvalue weighted by molar-refractivity contribution is 5.98. The number of hydrogen-bond donors (Lipinski definition) is 0. The number of likely N-dealkylation sites (tertiary alicyclic amines) is 2. The normalized spacial score (nSPS) is 21.0. The maximum atomic E-state index is 12.6. The van der Waals surface area contributed by atoms with Gasteiger partial charge < -0.3 is 9.64 Å². The van der Waals surface area contributed by atoms with E-state index in [0.717, 1.165) is 67.5 Å². The molecule has 0 aromatic heterocycles. The van der Waals surface area contributed by atoms with E-state index in [9.17, 15) is 4.79 Å². The summed E-state index contributed by atoms with van der Waals surface area (Å²) in [5.41, 5.74) is 0.788. The van der Waals surface area contributed by atoms with Gasteiger partial charge in [0.2, 0.25) is 0 Å². The summed E-state index contributed by atoms with van der Waals surface area (Å²) < 4.78 is 6.21. The Balaban J connectivity index is 1.48. The Morgan fingerprint density at radius 1 is 1.04 bits per heavy atom. The summed E-state index contributed by atoms with van der Waals surface area (Å²) in [4.78, 5) is 17.0. The minimum absolute atomic E-state index is 0.157. The summed E-state index contributed by atoms with van der Waals surface area (Å²) in [6, 6.07) is 12.8. The Kier molecular flexibility index (Phi) is 4.86. The SMILES string of the molecule is CC(C)N1CCC(Oc2ccc3cc(C(=O)N4CCCC4)ccc3c2)C1. The van der Waals surface area contributed by atoms with Crippen LogP contribution in [0.4, 0.5) is 0 Å². The van der Waals surface area contributed by atoms with E-state index in [1.807, 2.05) is 29.2 Å². The van der Waals surface area contributed by atoms with Crippen LogP contribution < -0.4 is 4.74 Å². The third kappa shape index (κ3) is 3.56. The van der Waals surface area contributed by atoms with Crippen molar-refractivity contribution in [3.63, 3.8) is 0 Å². The van der Waals surface area contributed by atoms with Crippen LogP contribution in [-0.4, -0.2) is 54.0 Å². The third-order valence-corrected chi connectivity index (χ3v) is 5.66. The van der Waals surface area contributed by atoms with Crippen molar-refractivity contribution in [2.75, 3.05) is 26.2 Å². The van der Waals surface area contributed by atoms with Crippen molar-refractivity contribution < 1.29 is 9.53 Å². The highest BCUT2D eigenvalue weighted by Gasteiger charge is 2.25. The molecule has 2 heterocycles. The first-order valence-electron chi connectivity index (χ1n) is 9.84. The van der Waals surface area contributed by atoms with Gasteiger partial charge in [0.25, 0.3) is 5.91 Å². The van der Waals surface area contributed by atoms with Gasteiger partial charge in [-0.05, 0) is 68.1 Å². The minimum atomic E-state index is 0.157. The van der Waals surface area contributed by atoms with Gasteiger partial charge in [-0.3, -0.25) is 9.69 Å². The Morgan fingerprint density at radius 2 is 1.77 bits per heavy atom. The van der Waals surface area contributed by atoms with Crippen molar-refractivity contribution >= 4 is 16.7 Å². The molecule has 2 saturated heterocycles. The molecule has 1 atom stereocenters. The quantitative estimate of drug-likeness (QED) is 0.836. The number of nitrogens with zero attached hydrogens (tertiary/aromatic N) is 2. The maximum Gasteiger partial charge on any atom is 0.253 e. The van der Waals surface area contributed by atoms with Crippen molar-refractivity contribution in [1.29, 1.82) is 0 Å². The molecule has 2 aromatic rings. The fraction of sp³-hybridized carbons (Fsp3) is 0.500. The molecule has 2 aromatic carbocycles. The first-order valence-corrected chi connectivity index (χ1v) is 9.84. The van der Waals surface area contributed by atoms with E-state index in [0.29, 0.717) is 6.04 Å². The van der Waals surface area contributed by atoms with E-state index in [1.165, 1.54) is 0 Å². The topological polar surface area (TPSA) is 32.8 Å². The third-order valence-electron chi connectivity index (χ3n) is 5.66. The number of fused-ring (bicyclic) bond motifs is 1. The number of carbonyl (C=O) groups is 1. The molecule has 0 bridgehead atoms. The van der Waals surface area contributed by atoms with Crippen LogP contribution in [0.3, 0.4) is 0 Å². The Bertz CT molecular complexity index is 796. The molecule has 4 rings (SSSR count). The van der Waals surface area contributed by atoms with Crippen molar-refractivity contribution in [2.24, 2.45) is 0 Å². The van der Waals surface area contributed by atoms with E-state index in [2.05, 4.69) is 30.9 Å². The molecule has 2 fully saturated rings. The van der Waals surface area contributed by atoms with Crippen molar-refractivity contribution in [1.82, 2.24) is 9.80 Å². The fourth-order valence-electron chi connectivity index (χ4n) is 4.04. The summed E-state index contributed by atoms with van der Waals surface area (Å²) in [6.45, 7) is 8.35. The van der Waals surface area contributed by atoms with Crippen molar-refractivity contribution in [2.45, 2.75) is 45.3 Å². The average molecular weight is 352 g/mol. The number of ether oxygens (including phenoxy) is 1. The number of amides is 1. The van der Waals surface area contributed by atoms with Crippen LogP contribution in [0.2, 0.25) is 0 Å². The lowest BCUT2D eigenvalue weighted by atomic mass is 10.1. The molecule has 2 aliphatic heterocycles. The molecule has 0 aliphatic carbocycles. The lowest BCUT2D eigenvalue weighted by Crippen LogP contribution is -2.30. The summed E-state index contributed by atoms with van der Waals surface area (Å²) in [5.74, 6) is 1.08. The highest BCUT2D eigenvalue weighted by Crippen LogP contribution is 2.26. The van der Waals surface area contributed by atoms with Crippen LogP contribution >= 0.6 is 0 Å². The average Bonchev–Trinajstić information content (AvgIpc) is 3.32. The van der Waals surface area contributed by atoms with Crippen molar-refractivity contribution in [3.8, 4) is 5.75 Å². The van der Waals surface area contributed by atoms with E-state index in [1.54, 1.807) is 0 Å². The van der Waals surface area contributed by atoms with Crippen LogP contribution in [0.5, 0.6) is 5.75 Å². The minimum Gasteiger partial charge on any atom is -0.489 e. The molecule has 0 saturated carbocycles. The second-order valence-electron chi connectivity index (χ2n) is 7.84. The summed E-state index contributed by atoms with van der Waals surface area (Å²) >= 11 is 0. The number of hydrogen-bond acceptors (Lipinski definition) is 3. The standard InChI is InChI=1S/C22H28N2O2/c1-16(2)24-12-9-21(15-24)26-20-8-7-17-13-19(6-5-18(17)14-20)22(25)23-10-3-4-11-23/h5-8,13-14,16,21H,3-4,9-12,15H2,1-2H3. The number of rotatable bonds is 4. The van der Waals surface area contributed by atoms with Gasteiger partial charge in [0, 0.05) is 37.8 Å². The molecule has 138 valence electrons. The van der Waals surface area contributed by atoms with Gasteiger partial charge in [0.15, 0.2) is 0 Å². The Hall–Kier alpha value is -2.07. The molecule has 2 aliphatic rings. The second kappa shape index (κ2) is 7.28. The largest absolute Gasteiger partial charge is 0.489 e. The maximum absolute atomic E-state index is 12.6. The van der Waals surface area contributed by atoms with Crippen LogP contribution in [0.25, 0.3) is 10.8 Å². The van der Waals surface area contributed by atoms with E-state index < -0.39 is 0 Å². The first kappa shape index (κ1) is 17.3. The molecule has 0 N–H and O–H groups in total. The summed E-state index contributed by atoms with van der Waals surface area (Å²) in [7, 11) is 0. The highest BCUT2D eigenvalue weighted by atomic mass is 16.5. The predicted octanol–water partition coefficient (Wildman–Crippen LogP) is 3.94. The summed E-state index contributed by atoms with van der Waals surface area (Å²) in [5, 5.41) is 2.22. The lowest BCUT2D eigenvalue weighted by molar-refractivity contribution is 0.0793. The molecule has 0 radical (unpaired) electrons. The van der Waals surface area contributed by atoms with Gasteiger partial charge >= 0.3 is 0 Å². The Labute approximate surface area is 155 Å².